The van der Waals surface area contributed by atoms with Gasteiger partial charge in [-0.25, -0.2) is 0 Å². The van der Waals surface area contributed by atoms with Crippen LogP contribution in [0.15, 0.2) is 54.6 Å². The van der Waals surface area contributed by atoms with E-state index in [0.717, 1.165) is 0 Å². The van der Waals surface area contributed by atoms with E-state index in [-0.39, 0.29) is 11.7 Å². The lowest BCUT2D eigenvalue weighted by Gasteiger charge is -1.99. The molecule has 0 bridgehead atoms. The van der Waals surface area contributed by atoms with Crippen LogP contribution in [0.25, 0.3) is 5.57 Å². The van der Waals surface area contributed by atoms with E-state index in [2.05, 4.69) is 5.32 Å². The molecule has 1 aliphatic rings. The molecule has 0 aromatic heterocycles. The zero-order valence-corrected chi connectivity index (χ0v) is 11.1. The summed E-state index contributed by atoms with van der Waals surface area (Å²) < 4.78 is 0. The molecular formula is C16H10ClNO2. The van der Waals surface area contributed by atoms with Crippen LogP contribution in [0.2, 0.25) is 5.02 Å². The number of halogens is 1. The van der Waals surface area contributed by atoms with Gasteiger partial charge >= 0.3 is 0 Å². The number of carbonyl (C=O) groups is 2. The van der Waals surface area contributed by atoms with E-state index < -0.39 is 0 Å². The molecule has 0 aliphatic carbocycles. The van der Waals surface area contributed by atoms with Crippen molar-refractivity contribution >= 4 is 34.6 Å². The second kappa shape index (κ2) is 4.94. The third-order valence-electron chi connectivity index (χ3n) is 3.10. The maximum atomic E-state index is 12.2. The predicted octanol–water partition coefficient (Wildman–Crippen LogP) is 3.56. The van der Waals surface area contributed by atoms with E-state index in [1.54, 1.807) is 42.5 Å². The van der Waals surface area contributed by atoms with Crippen molar-refractivity contribution in [2.75, 3.05) is 5.32 Å². The number of rotatable bonds is 2. The molecule has 0 unspecified atom stereocenters. The van der Waals surface area contributed by atoms with Gasteiger partial charge in [0.2, 0.25) is 0 Å². The molecule has 20 heavy (non-hydrogen) atoms. The second-order valence-electron chi connectivity index (χ2n) is 4.43. The van der Waals surface area contributed by atoms with Gasteiger partial charge in [-0.3, -0.25) is 9.59 Å². The third-order valence-corrected chi connectivity index (χ3v) is 3.33. The standard InChI is InChI=1S/C16H10ClNO2/c17-11-6-7-14-12(8-11)13(16(20)18-14)9-15(19)10-4-2-1-3-5-10/h1-9H,(H,18,20)/b13-9+. The molecule has 2 aromatic carbocycles. The Morgan fingerprint density at radius 3 is 2.60 bits per heavy atom. The Kier molecular flexibility index (Phi) is 3.12. The van der Waals surface area contributed by atoms with E-state index in [1.165, 1.54) is 6.08 Å². The highest BCUT2D eigenvalue weighted by molar-refractivity contribution is 6.36. The molecule has 1 heterocycles. The van der Waals surface area contributed by atoms with Gasteiger partial charge in [0.1, 0.15) is 0 Å². The molecule has 1 amide bonds. The summed E-state index contributed by atoms with van der Waals surface area (Å²) in [7, 11) is 0. The van der Waals surface area contributed by atoms with Gasteiger partial charge in [-0.2, -0.15) is 0 Å². The number of hydrogen-bond acceptors (Lipinski definition) is 2. The minimum Gasteiger partial charge on any atom is -0.321 e. The van der Waals surface area contributed by atoms with Crippen LogP contribution in [-0.2, 0) is 4.79 Å². The van der Waals surface area contributed by atoms with Crippen molar-refractivity contribution in [1.29, 1.82) is 0 Å². The van der Waals surface area contributed by atoms with E-state index >= 15 is 0 Å². The summed E-state index contributed by atoms with van der Waals surface area (Å²) in [6.45, 7) is 0. The zero-order chi connectivity index (χ0) is 14.1. The number of carbonyl (C=O) groups excluding carboxylic acids is 2. The average Bonchev–Trinajstić information content (AvgIpc) is 2.76. The van der Waals surface area contributed by atoms with Crippen molar-refractivity contribution in [2.24, 2.45) is 0 Å². The summed E-state index contributed by atoms with van der Waals surface area (Å²) in [5.41, 5.74) is 2.22. The molecule has 0 saturated heterocycles. The van der Waals surface area contributed by atoms with E-state index in [0.29, 0.717) is 27.4 Å². The SMILES string of the molecule is O=C1Nc2ccc(Cl)cc2/C1=C\C(=O)c1ccccc1. The summed E-state index contributed by atoms with van der Waals surface area (Å²) in [6.07, 6.45) is 1.35. The lowest BCUT2D eigenvalue weighted by Crippen LogP contribution is -2.05. The van der Waals surface area contributed by atoms with Crippen LogP contribution in [0, 0.1) is 0 Å². The van der Waals surface area contributed by atoms with Crippen molar-refractivity contribution in [3.8, 4) is 0 Å². The molecule has 0 atom stereocenters. The average molecular weight is 284 g/mol. The van der Waals surface area contributed by atoms with Gasteiger partial charge in [-0.05, 0) is 24.3 Å². The summed E-state index contributed by atoms with van der Waals surface area (Å²) in [4.78, 5) is 24.1. The summed E-state index contributed by atoms with van der Waals surface area (Å²) in [5.74, 6) is -0.491. The van der Waals surface area contributed by atoms with Crippen molar-refractivity contribution < 1.29 is 9.59 Å². The van der Waals surface area contributed by atoms with Gasteiger partial charge in [0.25, 0.3) is 5.91 Å². The maximum absolute atomic E-state index is 12.2. The molecule has 98 valence electrons. The lowest BCUT2D eigenvalue weighted by atomic mass is 10.0. The zero-order valence-electron chi connectivity index (χ0n) is 10.4. The topological polar surface area (TPSA) is 46.2 Å². The molecule has 1 aliphatic heterocycles. The van der Waals surface area contributed by atoms with E-state index in [9.17, 15) is 9.59 Å². The molecule has 0 saturated carbocycles. The summed E-state index contributed by atoms with van der Waals surface area (Å²) in [6, 6.07) is 13.9. The van der Waals surface area contributed by atoms with Crippen LogP contribution in [0.4, 0.5) is 5.69 Å². The third kappa shape index (κ3) is 2.24. The normalized spacial score (nSPS) is 15.1. The number of amides is 1. The van der Waals surface area contributed by atoms with Gasteiger partial charge in [0.15, 0.2) is 5.78 Å². The first-order valence-electron chi connectivity index (χ1n) is 6.07. The van der Waals surface area contributed by atoms with Gasteiger partial charge < -0.3 is 5.32 Å². The number of anilines is 1. The van der Waals surface area contributed by atoms with Crippen molar-refractivity contribution in [1.82, 2.24) is 0 Å². The molecule has 0 spiro atoms. The smallest absolute Gasteiger partial charge is 0.256 e. The van der Waals surface area contributed by atoms with Gasteiger partial charge in [0.05, 0.1) is 5.57 Å². The van der Waals surface area contributed by atoms with Gasteiger partial charge in [-0.1, -0.05) is 41.9 Å². The Morgan fingerprint density at radius 2 is 1.85 bits per heavy atom. The highest BCUT2D eigenvalue weighted by Crippen LogP contribution is 2.33. The molecule has 3 nitrogen and oxygen atoms in total. The second-order valence-corrected chi connectivity index (χ2v) is 4.87. The fourth-order valence-electron chi connectivity index (χ4n) is 2.12. The number of fused-ring (bicyclic) bond motifs is 1. The minimum atomic E-state index is -0.286. The van der Waals surface area contributed by atoms with Crippen molar-refractivity contribution in [3.05, 3.63) is 70.8 Å². The fraction of sp³-hybridized carbons (Fsp3) is 0. The van der Waals surface area contributed by atoms with Crippen LogP contribution in [0.5, 0.6) is 0 Å². The Morgan fingerprint density at radius 1 is 1.10 bits per heavy atom. The van der Waals surface area contributed by atoms with E-state index in [4.69, 9.17) is 11.6 Å². The monoisotopic (exact) mass is 283 g/mol. The highest BCUT2D eigenvalue weighted by Gasteiger charge is 2.25. The number of ketones is 1. The first kappa shape index (κ1) is 12.6. The van der Waals surface area contributed by atoms with Crippen LogP contribution >= 0.6 is 11.6 Å². The van der Waals surface area contributed by atoms with Crippen LogP contribution < -0.4 is 5.32 Å². The molecule has 1 N–H and O–H groups in total. The largest absolute Gasteiger partial charge is 0.321 e. The van der Waals surface area contributed by atoms with Gasteiger partial charge in [0, 0.05) is 21.8 Å². The predicted molar refractivity (Wildman–Crippen MR) is 78.8 cm³/mol. The number of benzene rings is 2. The minimum absolute atomic E-state index is 0.205. The number of hydrogen-bond donors (Lipinski definition) is 1. The van der Waals surface area contributed by atoms with Crippen LogP contribution in [-0.4, -0.2) is 11.7 Å². The van der Waals surface area contributed by atoms with Crippen molar-refractivity contribution in [3.63, 3.8) is 0 Å². The fourth-order valence-corrected chi connectivity index (χ4v) is 2.29. The molecule has 0 fully saturated rings. The molecular weight excluding hydrogens is 274 g/mol. The quantitative estimate of drug-likeness (QED) is 0.677. The molecule has 4 heteroatoms. The Balaban J connectivity index is 2.03. The lowest BCUT2D eigenvalue weighted by molar-refractivity contribution is -0.110. The number of nitrogens with one attached hydrogen (secondary N) is 1. The maximum Gasteiger partial charge on any atom is 0.256 e. The number of allylic oxidation sites excluding steroid dienone is 1. The molecule has 2 aromatic rings. The first-order valence-corrected chi connectivity index (χ1v) is 6.45. The van der Waals surface area contributed by atoms with E-state index in [1.807, 2.05) is 6.07 Å². The summed E-state index contributed by atoms with van der Waals surface area (Å²) >= 11 is 5.94. The Bertz CT molecular complexity index is 735. The van der Waals surface area contributed by atoms with Crippen molar-refractivity contribution in [2.45, 2.75) is 0 Å². The van der Waals surface area contributed by atoms with Crippen LogP contribution in [0.3, 0.4) is 0 Å². The Hall–Kier alpha value is -2.39. The van der Waals surface area contributed by atoms with Crippen LogP contribution in [0.1, 0.15) is 15.9 Å². The molecule has 0 radical (unpaired) electrons. The molecule has 3 rings (SSSR count). The Labute approximate surface area is 120 Å². The van der Waals surface area contributed by atoms with Gasteiger partial charge in [-0.15, -0.1) is 0 Å². The first-order chi connectivity index (χ1) is 9.65. The highest BCUT2D eigenvalue weighted by atomic mass is 35.5. The summed E-state index contributed by atoms with van der Waals surface area (Å²) in [5, 5.41) is 3.24.